The van der Waals surface area contributed by atoms with E-state index in [1.54, 1.807) is 12.1 Å². The molecule has 0 saturated carbocycles. The summed E-state index contributed by atoms with van der Waals surface area (Å²) in [6.45, 7) is 0. The van der Waals surface area contributed by atoms with Crippen molar-refractivity contribution in [3.8, 4) is 0 Å². The van der Waals surface area contributed by atoms with Crippen LogP contribution in [0.4, 0.5) is 11.4 Å². The van der Waals surface area contributed by atoms with Crippen molar-refractivity contribution in [3.05, 3.63) is 79.9 Å². The first-order valence-corrected chi connectivity index (χ1v) is 6.61. The van der Waals surface area contributed by atoms with Gasteiger partial charge in [0.2, 0.25) is 0 Å². The SMILES string of the molecule is O=[N+]([O-])c1cccc(C=NN=C(Cl)c2cccc([N+](=O)[O-])c2)c1. The van der Waals surface area contributed by atoms with Crippen LogP contribution in [0.3, 0.4) is 0 Å². The summed E-state index contributed by atoms with van der Waals surface area (Å²) in [4.78, 5) is 20.3. The minimum atomic E-state index is -0.542. The van der Waals surface area contributed by atoms with Gasteiger partial charge < -0.3 is 0 Å². The quantitative estimate of drug-likeness (QED) is 0.473. The van der Waals surface area contributed by atoms with Crippen LogP contribution in [0.1, 0.15) is 11.1 Å². The molecule has 0 N–H and O–H groups in total. The van der Waals surface area contributed by atoms with E-state index in [4.69, 9.17) is 11.6 Å². The maximum absolute atomic E-state index is 10.7. The lowest BCUT2D eigenvalue weighted by Gasteiger charge is -1.96. The Morgan fingerprint density at radius 2 is 1.61 bits per heavy atom. The van der Waals surface area contributed by atoms with Gasteiger partial charge in [-0.3, -0.25) is 20.2 Å². The summed E-state index contributed by atoms with van der Waals surface area (Å²) in [5.74, 6) is 0. The summed E-state index contributed by atoms with van der Waals surface area (Å²) in [7, 11) is 0. The first-order chi connectivity index (χ1) is 11.0. The third kappa shape index (κ3) is 4.42. The second-order valence-electron chi connectivity index (χ2n) is 4.29. The topological polar surface area (TPSA) is 111 Å². The molecule has 23 heavy (non-hydrogen) atoms. The molecule has 0 aromatic heterocycles. The highest BCUT2D eigenvalue weighted by molar-refractivity contribution is 6.69. The first kappa shape index (κ1) is 16.2. The summed E-state index contributed by atoms with van der Waals surface area (Å²) in [5.41, 5.74) is 0.643. The monoisotopic (exact) mass is 332 g/mol. The number of nitro benzene ring substituents is 2. The second-order valence-corrected chi connectivity index (χ2v) is 4.65. The van der Waals surface area contributed by atoms with Crippen LogP contribution < -0.4 is 0 Å². The molecule has 8 nitrogen and oxygen atoms in total. The van der Waals surface area contributed by atoms with Gasteiger partial charge in [0.15, 0.2) is 5.17 Å². The number of non-ortho nitro benzene ring substituents is 2. The van der Waals surface area contributed by atoms with E-state index in [1.165, 1.54) is 42.6 Å². The third-order valence-electron chi connectivity index (χ3n) is 2.73. The Kier molecular flexibility index (Phi) is 5.11. The van der Waals surface area contributed by atoms with Crippen molar-refractivity contribution in [2.45, 2.75) is 0 Å². The largest absolute Gasteiger partial charge is 0.270 e. The molecule has 0 saturated heterocycles. The normalized spacial score (nSPS) is 11.6. The molecule has 0 aliphatic heterocycles. The van der Waals surface area contributed by atoms with Crippen molar-refractivity contribution >= 4 is 34.4 Å². The Bertz CT molecular complexity index is 820. The number of hydrogen-bond acceptors (Lipinski definition) is 6. The molecule has 0 aliphatic rings. The van der Waals surface area contributed by atoms with Crippen LogP contribution in [-0.2, 0) is 0 Å². The van der Waals surface area contributed by atoms with E-state index in [9.17, 15) is 20.2 Å². The van der Waals surface area contributed by atoms with Crippen molar-refractivity contribution in [2.24, 2.45) is 10.2 Å². The highest BCUT2D eigenvalue weighted by Gasteiger charge is 2.08. The van der Waals surface area contributed by atoms with Gasteiger partial charge in [-0.05, 0) is 0 Å². The molecule has 0 radical (unpaired) electrons. The fraction of sp³-hybridized carbons (Fsp3) is 0. The van der Waals surface area contributed by atoms with Crippen molar-refractivity contribution in [3.63, 3.8) is 0 Å². The van der Waals surface area contributed by atoms with Crippen LogP contribution in [0.15, 0.2) is 58.7 Å². The predicted molar refractivity (Wildman–Crippen MR) is 86.2 cm³/mol. The molecule has 0 amide bonds. The average molecular weight is 333 g/mol. The molecule has 116 valence electrons. The van der Waals surface area contributed by atoms with E-state index < -0.39 is 9.85 Å². The Balaban J connectivity index is 2.19. The van der Waals surface area contributed by atoms with Gasteiger partial charge in [-0.2, -0.15) is 5.10 Å². The fourth-order valence-electron chi connectivity index (χ4n) is 1.67. The highest BCUT2D eigenvalue weighted by atomic mass is 35.5. The number of hydrogen-bond donors (Lipinski definition) is 0. The average Bonchev–Trinajstić information content (AvgIpc) is 2.55. The lowest BCUT2D eigenvalue weighted by atomic mass is 10.2. The van der Waals surface area contributed by atoms with Gasteiger partial charge in [0, 0.05) is 35.4 Å². The van der Waals surface area contributed by atoms with Crippen molar-refractivity contribution < 1.29 is 9.85 Å². The van der Waals surface area contributed by atoms with E-state index in [-0.39, 0.29) is 16.5 Å². The molecule has 2 aromatic carbocycles. The van der Waals surface area contributed by atoms with Crippen LogP contribution in [0.2, 0.25) is 0 Å². The van der Waals surface area contributed by atoms with Gasteiger partial charge >= 0.3 is 0 Å². The van der Waals surface area contributed by atoms with Gasteiger partial charge in [-0.15, -0.1) is 5.10 Å². The summed E-state index contributed by atoms with van der Waals surface area (Å²) in [6.07, 6.45) is 1.30. The van der Waals surface area contributed by atoms with Crippen molar-refractivity contribution in [1.29, 1.82) is 0 Å². The Labute approximate surface area is 135 Å². The molecule has 0 atom stereocenters. The van der Waals surface area contributed by atoms with Crippen molar-refractivity contribution in [1.82, 2.24) is 0 Å². The first-order valence-electron chi connectivity index (χ1n) is 6.23. The maximum atomic E-state index is 10.7. The minimum absolute atomic E-state index is 0.0321. The zero-order valence-corrected chi connectivity index (χ0v) is 12.3. The molecule has 0 heterocycles. The van der Waals surface area contributed by atoms with Crippen LogP contribution >= 0.6 is 11.6 Å². The third-order valence-corrected chi connectivity index (χ3v) is 3.02. The summed E-state index contributed by atoms with van der Waals surface area (Å²) < 4.78 is 0. The van der Waals surface area contributed by atoms with Gasteiger partial charge in [-0.1, -0.05) is 35.9 Å². The Hall–Kier alpha value is -3.13. The molecular weight excluding hydrogens is 324 g/mol. The molecule has 0 bridgehead atoms. The van der Waals surface area contributed by atoms with Gasteiger partial charge in [0.25, 0.3) is 11.4 Å². The molecule has 2 aromatic rings. The number of benzene rings is 2. The number of nitro groups is 2. The molecular formula is C14H9ClN4O4. The number of rotatable bonds is 5. The van der Waals surface area contributed by atoms with E-state index in [0.29, 0.717) is 11.1 Å². The predicted octanol–water partition coefficient (Wildman–Crippen LogP) is 3.52. The summed E-state index contributed by atoms with van der Waals surface area (Å²) in [6, 6.07) is 11.5. The Morgan fingerprint density at radius 1 is 1.00 bits per heavy atom. The molecule has 2 rings (SSSR count). The fourth-order valence-corrected chi connectivity index (χ4v) is 1.83. The zero-order valence-electron chi connectivity index (χ0n) is 11.5. The van der Waals surface area contributed by atoms with E-state index in [1.807, 2.05) is 0 Å². The van der Waals surface area contributed by atoms with Gasteiger partial charge in [0.1, 0.15) is 0 Å². The minimum Gasteiger partial charge on any atom is -0.258 e. The van der Waals surface area contributed by atoms with Gasteiger partial charge in [0.05, 0.1) is 16.1 Å². The highest BCUT2D eigenvalue weighted by Crippen LogP contribution is 2.15. The second kappa shape index (κ2) is 7.23. The van der Waals surface area contributed by atoms with E-state index in [0.717, 1.165) is 0 Å². The zero-order chi connectivity index (χ0) is 16.8. The molecule has 9 heteroatoms. The molecule has 0 unspecified atom stereocenters. The van der Waals surface area contributed by atoms with Gasteiger partial charge in [-0.25, -0.2) is 0 Å². The lowest BCUT2D eigenvalue weighted by molar-refractivity contribution is -0.385. The number of halogens is 1. The van der Waals surface area contributed by atoms with Crippen LogP contribution in [0.5, 0.6) is 0 Å². The Morgan fingerprint density at radius 3 is 2.26 bits per heavy atom. The molecule has 0 fully saturated rings. The van der Waals surface area contributed by atoms with Crippen LogP contribution in [0, 0.1) is 20.2 Å². The smallest absolute Gasteiger partial charge is 0.258 e. The van der Waals surface area contributed by atoms with Crippen molar-refractivity contribution in [2.75, 3.05) is 0 Å². The standard InChI is InChI=1S/C14H9ClN4O4/c15-14(11-4-2-6-13(8-11)19(22)23)17-16-9-10-3-1-5-12(7-10)18(20)21/h1-9H. The molecule has 0 aliphatic carbocycles. The summed E-state index contributed by atoms with van der Waals surface area (Å²) >= 11 is 5.94. The molecule has 0 spiro atoms. The maximum Gasteiger partial charge on any atom is 0.270 e. The van der Waals surface area contributed by atoms with E-state index in [2.05, 4.69) is 10.2 Å². The van der Waals surface area contributed by atoms with Crippen LogP contribution in [0.25, 0.3) is 0 Å². The summed E-state index contributed by atoms with van der Waals surface area (Å²) in [5, 5.41) is 28.8. The van der Waals surface area contributed by atoms with E-state index >= 15 is 0 Å². The van der Waals surface area contributed by atoms with Crippen LogP contribution in [-0.4, -0.2) is 21.2 Å². The lowest BCUT2D eigenvalue weighted by Crippen LogP contribution is -1.94. The number of nitrogens with zero attached hydrogens (tertiary/aromatic N) is 4.